The molecule has 0 saturated carbocycles. The molecule has 0 spiro atoms. The summed E-state index contributed by atoms with van der Waals surface area (Å²) >= 11 is 0. The Morgan fingerprint density at radius 1 is 1.10 bits per heavy atom. The van der Waals surface area contributed by atoms with E-state index in [0.29, 0.717) is 17.7 Å². The molecule has 7 nitrogen and oxygen atoms in total. The van der Waals surface area contributed by atoms with Crippen LogP contribution in [0, 0.1) is 0 Å². The first-order chi connectivity index (χ1) is 13.8. The maximum Gasteiger partial charge on any atom is 0.380 e. The van der Waals surface area contributed by atoms with Gasteiger partial charge < -0.3 is 4.18 Å². The maximum absolute atomic E-state index is 12.3. The summed E-state index contributed by atoms with van der Waals surface area (Å²) in [6.45, 7) is 1.48. The number of benzene rings is 3. The van der Waals surface area contributed by atoms with E-state index in [1.165, 1.54) is 18.0 Å². The second-order valence-electron chi connectivity index (χ2n) is 6.80. The first-order valence-corrected chi connectivity index (χ1v) is 10.5. The fourth-order valence-electron chi connectivity index (χ4n) is 3.62. The molecule has 4 rings (SSSR count). The molecule has 3 aromatic carbocycles. The summed E-state index contributed by atoms with van der Waals surface area (Å²) in [5.41, 5.74) is 2.34. The normalized spacial score (nSPS) is 16.7. The molecule has 1 amide bonds. The Kier molecular flexibility index (Phi) is 4.81. The first-order valence-electron chi connectivity index (χ1n) is 8.99. The molecular weight excluding hydrogens is 390 g/mol. The van der Waals surface area contributed by atoms with E-state index in [1.807, 2.05) is 42.5 Å². The fourth-order valence-corrected chi connectivity index (χ4v) is 3.99. The van der Waals surface area contributed by atoms with Crippen molar-refractivity contribution >= 4 is 32.7 Å². The molecule has 1 heterocycles. The van der Waals surface area contributed by atoms with Gasteiger partial charge in [0.15, 0.2) is 0 Å². The van der Waals surface area contributed by atoms with Crippen LogP contribution >= 0.6 is 0 Å². The van der Waals surface area contributed by atoms with E-state index in [9.17, 15) is 13.2 Å². The second-order valence-corrected chi connectivity index (χ2v) is 7.95. The molecule has 1 aliphatic heterocycles. The highest BCUT2D eigenvalue weighted by Gasteiger charge is 2.32. The van der Waals surface area contributed by atoms with Crippen LogP contribution in [0.15, 0.2) is 71.8 Å². The predicted octanol–water partition coefficient (Wildman–Crippen LogP) is 3.12. The summed E-state index contributed by atoms with van der Waals surface area (Å²) in [7, 11) is -4.12. The molecule has 1 atom stereocenters. The van der Waals surface area contributed by atoms with Gasteiger partial charge in [-0.1, -0.05) is 54.6 Å². The van der Waals surface area contributed by atoms with Crippen molar-refractivity contribution in [3.05, 3.63) is 77.9 Å². The monoisotopic (exact) mass is 409 g/mol. The van der Waals surface area contributed by atoms with Crippen molar-refractivity contribution in [1.82, 2.24) is 5.01 Å². The third-order valence-electron chi connectivity index (χ3n) is 4.79. The predicted molar refractivity (Wildman–Crippen MR) is 111 cm³/mol. The van der Waals surface area contributed by atoms with Gasteiger partial charge in [0.2, 0.25) is 5.91 Å². The molecular formula is C21H19N3O4S. The summed E-state index contributed by atoms with van der Waals surface area (Å²) in [5, 5.41) is 13.1. The molecule has 8 heteroatoms. The van der Waals surface area contributed by atoms with Crippen molar-refractivity contribution in [3.63, 3.8) is 0 Å². The molecule has 29 heavy (non-hydrogen) atoms. The topological polar surface area (TPSA) is 102 Å². The minimum absolute atomic E-state index is 0.0932. The Bertz CT molecular complexity index is 1230. The fraction of sp³-hybridized carbons (Fsp3) is 0.143. The number of carbonyl (C=O) groups excluding carboxylic acids is 1. The van der Waals surface area contributed by atoms with Crippen LogP contribution in [0.2, 0.25) is 0 Å². The van der Waals surface area contributed by atoms with E-state index in [4.69, 9.17) is 9.32 Å². The molecule has 0 fully saturated rings. The Morgan fingerprint density at radius 3 is 2.59 bits per heavy atom. The lowest BCUT2D eigenvalue weighted by atomic mass is 9.94. The van der Waals surface area contributed by atoms with E-state index >= 15 is 0 Å². The average Bonchev–Trinajstić information content (AvgIpc) is 3.12. The lowest BCUT2D eigenvalue weighted by molar-refractivity contribution is -0.130. The number of hydrogen-bond donors (Lipinski definition) is 1. The van der Waals surface area contributed by atoms with Gasteiger partial charge in [0, 0.05) is 18.9 Å². The van der Waals surface area contributed by atoms with Crippen LogP contribution in [-0.2, 0) is 15.1 Å². The van der Waals surface area contributed by atoms with Crippen molar-refractivity contribution < 1.29 is 17.4 Å². The zero-order chi connectivity index (χ0) is 20.6. The van der Waals surface area contributed by atoms with Gasteiger partial charge in [-0.25, -0.2) is 5.01 Å². The number of amides is 1. The highest BCUT2D eigenvalue weighted by molar-refractivity contribution is 7.84. The molecule has 0 radical (unpaired) electrons. The quantitative estimate of drug-likeness (QED) is 0.715. The number of nitrogens with two attached hydrogens (primary N) is 1. The standard InChI is InChI=1S/C21H19N3O4S/c1-14(25)24-21(19-11-5-7-15-6-2-3-10-18(15)19)13-20(23-24)16-8-4-9-17(12-16)28-29(22,26)27/h2-12,21H,13H2,1H3,(H2,22,26,27). The van der Waals surface area contributed by atoms with E-state index in [0.717, 1.165) is 16.3 Å². The van der Waals surface area contributed by atoms with Crippen LogP contribution in [0.3, 0.4) is 0 Å². The van der Waals surface area contributed by atoms with Gasteiger partial charge in [0.1, 0.15) is 5.75 Å². The summed E-state index contributed by atoms with van der Waals surface area (Å²) in [6.07, 6.45) is 0.492. The molecule has 3 aromatic rings. The minimum Gasteiger partial charge on any atom is -0.371 e. The van der Waals surface area contributed by atoms with Crippen molar-refractivity contribution in [2.75, 3.05) is 0 Å². The van der Waals surface area contributed by atoms with Crippen molar-refractivity contribution in [3.8, 4) is 5.75 Å². The highest BCUT2D eigenvalue weighted by Crippen LogP contribution is 2.36. The Hall–Kier alpha value is -3.23. The van der Waals surface area contributed by atoms with Gasteiger partial charge in [0.25, 0.3) is 0 Å². The average molecular weight is 409 g/mol. The largest absolute Gasteiger partial charge is 0.380 e. The summed E-state index contributed by atoms with van der Waals surface area (Å²) in [6, 6.07) is 20.2. The summed E-state index contributed by atoms with van der Waals surface area (Å²) < 4.78 is 27.2. The zero-order valence-corrected chi connectivity index (χ0v) is 16.5. The molecule has 148 valence electrons. The third kappa shape index (κ3) is 3.98. The Labute approximate surface area is 168 Å². The van der Waals surface area contributed by atoms with Gasteiger partial charge in [-0.05, 0) is 28.5 Å². The molecule has 0 aromatic heterocycles. The minimum atomic E-state index is -4.12. The van der Waals surface area contributed by atoms with Crippen molar-refractivity contribution in [2.45, 2.75) is 19.4 Å². The van der Waals surface area contributed by atoms with Gasteiger partial charge in [-0.3, -0.25) is 4.79 Å². The van der Waals surface area contributed by atoms with E-state index in [1.54, 1.807) is 18.2 Å². The van der Waals surface area contributed by atoms with Gasteiger partial charge in [0.05, 0.1) is 11.8 Å². The van der Waals surface area contributed by atoms with Crippen LogP contribution in [0.5, 0.6) is 5.75 Å². The lowest BCUT2D eigenvalue weighted by Gasteiger charge is -2.22. The molecule has 0 saturated heterocycles. The highest BCUT2D eigenvalue weighted by atomic mass is 32.2. The number of carbonyl (C=O) groups is 1. The third-order valence-corrected chi connectivity index (χ3v) is 5.22. The lowest BCUT2D eigenvalue weighted by Crippen LogP contribution is -2.24. The SMILES string of the molecule is CC(=O)N1N=C(c2cccc(OS(N)(=O)=O)c2)CC1c1cccc2ccccc12. The van der Waals surface area contributed by atoms with Crippen LogP contribution < -0.4 is 9.32 Å². The Morgan fingerprint density at radius 2 is 1.83 bits per heavy atom. The van der Waals surface area contributed by atoms with Gasteiger partial charge >= 0.3 is 10.3 Å². The summed E-state index contributed by atoms with van der Waals surface area (Å²) in [5.74, 6) is -0.0782. The number of fused-ring (bicyclic) bond motifs is 1. The summed E-state index contributed by atoms with van der Waals surface area (Å²) in [4.78, 5) is 12.3. The van der Waals surface area contributed by atoms with E-state index in [-0.39, 0.29) is 17.7 Å². The van der Waals surface area contributed by atoms with Crippen LogP contribution in [0.1, 0.15) is 30.5 Å². The molecule has 0 bridgehead atoms. The van der Waals surface area contributed by atoms with Crippen LogP contribution in [0.4, 0.5) is 0 Å². The number of nitrogens with zero attached hydrogens (tertiary/aromatic N) is 2. The number of rotatable bonds is 4. The van der Waals surface area contributed by atoms with Gasteiger partial charge in [-0.15, -0.1) is 0 Å². The number of hydrazone groups is 1. The Balaban J connectivity index is 1.72. The first kappa shape index (κ1) is 19.1. The number of hydrogen-bond acceptors (Lipinski definition) is 5. The van der Waals surface area contributed by atoms with Gasteiger partial charge in [-0.2, -0.15) is 18.7 Å². The maximum atomic E-state index is 12.3. The molecule has 1 unspecified atom stereocenters. The second kappa shape index (κ2) is 7.31. The smallest absolute Gasteiger partial charge is 0.371 e. The van der Waals surface area contributed by atoms with Crippen LogP contribution in [0.25, 0.3) is 10.8 Å². The van der Waals surface area contributed by atoms with Crippen molar-refractivity contribution in [1.29, 1.82) is 0 Å². The zero-order valence-electron chi connectivity index (χ0n) is 15.6. The molecule has 1 aliphatic rings. The van der Waals surface area contributed by atoms with Crippen molar-refractivity contribution in [2.24, 2.45) is 10.2 Å². The van der Waals surface area contributed by atoms with Crippen LogP contribution in [-0.4, -0.2) is 25.0 Å². The molecule has 2 N–H and O–H groups in total. The van der Waals surface area contributed by atoms with E-state index < -0.39 is 10.3 Å². The van der Waals surface area contributed by atoms with E-state index in [2.05, 4.69) is 5.10 Å². The molecule has 0 aliphatic carbocycles.